The van der Waals surface area contributed by atoms with E-state index in [1.807, 2.05) is 83.8 Å². The van der Waals surface area contributed by atoms with Gasteiger partial charge in [-0.2, -0.15) is 0 Å². The minimum Gasteiger partial charge on any atom is -0.368 e. The predicted molar refractivity (Wildman–Crippen MR) is 134 cm³/mol. The topological polar surface area (TPSA) is 43.9 Å². The molecule has 0 radical (unpaired) electrons. The number of thioether (sulfide) groups is 1. The third-order valence-corrected chi connectivity index (χ3v) is 7.05. The van der Waals surface area contributed by atoms with E-state index in [9.17, 15) is 9.59 Å². The Morgan fingerprint density at radius 2 is 1.45 bits per heavy atom. The van der Waals surface area contributed by atoms with Crippen molar-refractivity contribution in [2.45, 2.75) is 4.90 Å². The van der Waals surface area contributed by atoms with Gasteiger partial charge in [0, 0.05) is 36.8 Å². The van der Waals surface area contributed by atoms with Crippen molar-refractivity contribution in [1.29, 1.82) is 0 Å². The van der Waals surface area contributed by atoms with E-state index in [1.54, 1.807) is 4.90 Å². The van der Waals surface area contributed by atoms with Crippen molar-refractivity contribution in [3.05, 3.63) is 95.4 Å². The van der Waals surface area contributed by atoms with Gasteiger partial charge in [-0.3, -0.25) is 14.5 Å². The maximum absolute atomic E-state index is 13.4. The van der Waals surface area contributed by atoms with Crippen LogP contribution in [0.4, 0.5) is 11.4 Å². The van der Waals surface area contributed by atoms with Gasteiger partial charge in [0.2, 0.25) is 5.91 Å². The van der Waals surface area contributed by atoms with E-state index in [0.29, 0.717) is 18.0 Å². The van der Waals surface area contributed by atoms with Crippen LogP contribution >= 0.6 is 11.8 Å². The highest BCUT2D eigenvalue weighted by molar-refractivity contribution is 8.04. The molecule has 2 heterocycles. The summed E-state index contributed by atoms with van der Waals surface area (Å²) in [7, 11) is 0. The number of benzene rings is 3. The van der Waals surface area contributed by atoms with Gasteiger partial charge in [-0.1, -0.05) is 72.4 Å². The predicted octanol–water partition coefficient (Wildman–Crippen LogP) is 4.52. The Labute approximate surface area is 198 Å². The molecule has 5 nitrogen and oxygen atoms in total. The highest BCUT2D eigenvalue weighted by atomic mass is 32.2. The summed E-state index contributed by atoms with van der Waals surface area (Å²) in [6.07, 6.45) is 1.90. The lowest BCUT2D eigenvalue weighted by atomic mass is 10.2. The summed E-state index contributed by atoms with van der Waals surface area (Å²) in [4.78, 5) is 34.0. The van der Waals surface area contributed by atoms with Crippen LogP contribution in [0.3, 0.4) is 0 Å². The van der Waals surface area contributed by atoms with Crippen LogP contribution in [0.25, 0.3) is 6.08 Å². The van der Waals surface area contributed by atoms with Crippen molar-refractivity contribution in [3.8, 4) is 0 Å². The van der Waals surface area contributed by atoms with Crippen LogP contribution < -0.4 is 9.80 Å². The number of para-hydroxylation sites is 2. The number of nitrogens with zero attached hydrogens (tertiary/aromatic N) is 3. The molecule has 0 aromatic heterocycles. The molecule has 2 aliphatic rings. The van der Waals surface area contributed by atoms with Crippen LogP contribution in [0, 0.1) is 0 Å². The van der Waals surface area contributed by atoms with Gasteiger partial charge in [-0.25, -0.2) is 0 Å². The highest BCUT2D eigenvalue weighted by Gasteiger charge is 2.32. The van der Waals surface area contributed by atoms with Gasteiger partial charge >= 0.3 is 0 Å². The third-order valence-electron chi connectivity index (χ3n) is 5.98. The van der Waals surface area contributed by atoms with Gasteiger partial charge in [-0.15, -0.1) is 0 Å². The fourth-order valence-electron chi connectivity index (χ4n) is 4.21. The number of carbonyl (C=O) groups excluding carboxylic acids is 2. The van der Waals surface area contributed by atoms with E-state index < -0.39 is 0 Å². The molecule has 0 spiro atoms. The van der Waals surface area contributed by atoms with Gasteiger partial charge in [-0.05, 0) is 35.9 Å². The molecule has 0 atom stereocenters. The maximum atomic E-state index is 13.4. The number of hydrogen-bond acceptors (Lipinski definition) is 4. The molecule has 0 aliphatic carbocycles. The lowest BCUT2D eigenvalue weighted by Crippen LogP contribution is -2.52. The molecule has 5 rings (SSSR count). The number of carbonyl (C=O) groups is 2. The highest BCUT2D eigenvalue weighted by Crippen LogP contribution is 2.42. The number of fused-ring (bicyclic) bond motifs is 1. The Kier molecular flexibility index (Phi) is 6.17. The first-order valence-electron chi connectivity index (χ1n) is 11.1. The van der Waals surface area contributed by atoms with Crippen LogP contribution in [0.2, 0.25) is 0 Å². The van der Waals surface area contributed by atoms with Gasteiger partial charge in [0.1, 0.15) is 6.54 Å². The minimum absolute atomic E-state index is 0.0168. The lowest BCUT2D eigenvalue weighted by molar-refractivity contribution is -0.131. The largest absolute Gasteiger partial charge is 0.368 e. The first-order valence-corrected chi connectivity index (χ1v) is 11.9. The molecule has 3 aromatic carbocycles. The van der Waals surface area contributed by atoms with E-state index in [1.165, 1.54) is 17.4 Å². The second-order valence-corrected chi connectivity index (χ2v) is 9.17. The first-order chi connectivity index (χ1) is 16.2. The molecule has 3 aromatic rings. The summed E-state index contributed by atoms with van der Waals surface area (Å²) in [5.41, 5.74) is 2.95. The molecule has 0 N–H and O–H groups in total. The summed E-state index contributed by atoms with van der Waals surface area (Å²) in [5, 5.41) is 0. The molecule has 0 bridgehead atoms. The Hall–Kier alpha value is -3.51. The van der Waals surface area contributed by atoms with Gasteiger partial charge < -0.3 is 9.80 Å². The molecule has 33 heavy (non-hydrogen) atoms. The van der Waals surface area contributed by atoms with E-state index >= 15 is 0 Å². The lowest BCUT2D eigenvalue weighted by Gasteiger charge is -2.37. The van der Waals surface area contributed by atoms with Crippen molar-refractivity contribution in [2.24, 2.45) is 0 Å². The van der Waals surface area contributed by atoms with Crippen LogP contribution in [0.5, 0.6) is 0 Å². The maximum Gasteiger partial charge on any atom is 0.265 e. The monoisotopic (exact) mass is 455 g/mol. The third kappa shape index (κ3) is 4.66. The van der Waals surface area contributed by atoms with Gasteiger partial charge in [0.15, 0.2) is 0 Å². The molecular weight excluding hydrogens is 430 g/mol. The standard InChI is InChI=1S/C27H25N3O2S/c31-26(29-17-15-28(16-18-29)22-11-5-2-6-12-22)20-30-23-13-7-8-14-24(23)33-25(27(30)32)19-21-9-3-1-4-10-21/h1-14,19H,15-18,20H2. The van der Waals surface area contributed by atoms with Gasteiger partial charge in [0.25, 0.3) is 5.91 Å². The molecule has 6 heteroatoms. The molecular formula is C27H25N3O2S. The smallest absolute Gasteiger partial charge is 0.265 e. The number of hydrogen-bond donors (Lipinski definition) is 0. The van der Waals surface area contributed by atoms with Crippen LogP contribution in [0.15, 0.2) is 94.7 Å². The summed E-state index contributed by atoms with van der Waals surface area (Å²) in [6.45, 7) is 2.93. The zero-order valence-electron chi connectivity index (χ0n) is 18.3. The second-order valence-electron chi connectivity index (χ2n) is 8.08. The number of anilines is 2. The average Bonchev–Trinajstić information content (AvgIpc) is 2.87. The Balaban J connectivity index is 1.32. The van der Waals surface area contributed by atoms with E-state index in [2.05, 4.69) is 17.0 Å². The minimum atomic E-state index is -0.126. The zero-order chi connectivity index (χ0) is 22.6. The van der Waals surface area contributed by atoms with Crippen molar-refractivity contribution in [1.82, 2.24) is 4.90 Å². The zero-order valence-corrected chi connectivity index (χ0v) is 19.1. The molecule has 1 saturated heterocycles. The van der Waals surface area contributed by atoms with Crippen molar-refractivity contribution >= 4 is 41.0 Å². The summed E-state index contributed by atoms with van der Waals surface area (Å²) in [6, 6.07) is 27.9. The van der Waals surface area contributed by atoms with Crippen LogP contribution in [0.1, 0.15) is 5.56 Å². The van der Waals surface area contributed by atoms with Crippen molar-refractivity contribution in [2.75, 3.05) is 42.5 Å². The number of piperazine rings is 1. The number of amides is 2. The molecule has 2 aliphatic heterocycles. The van der Waals surface area contributed by atoms with Crippen molar-refractivity contribution in [3.63, 3.8) is 0 Å². The summed E-state index contributed by atoms with van der Waals surface area (Å²) < 4.78 is 0. The summed E-state index contributed by atoms with van der Waals surface area (Å²) >= 11 is 1.46. The van der Waals surface area contributed by atoms with E-state index in [-0.39, 0.29) is 18.4 Å². The first kappa shape index (κ1) is 21.3. The van der Waals surface area contributed by atoms with E-state index in [0.717, 1.165) is 29.2 Å². The average molecular weight is 456 g/mol. The van der Waals surface area contributed by atoms with Crippen LogP contribution in [-0.4, -0.2) is 49.4 Å². The Morgan fingerprint density at radius 3 is 2.18 bits per heavy atom. The fraction of sp³-hybridized carbons (Fsp3) is 0.185. The molecule has 0 unspecified atom stereocenters. The van der Waals surface area contributed by atoms with Crippen LogP contribution in [-0.2, 0) is 9.59 Å². The molecule has 166 valence electrons. The molecule has 2 amide bonds. The summed E-state index contributed by atoms with van der Waals surface area (Å²) in [5.74, 6) is -0.143. The normalized spacial score (nSPS) is 17.3. The fourth-order valence-corrected chi connectivity index (χ4v) is 5.27. The Morgan fingerprint density at radius 1 is 0.818 bits per heavy atom. The molecule has 1 fully saturated rings. The molecule has 0 saturated carbocycles. The SMILES string of the molecule is O=C(CN1C(=O)C(=Cc2ccccc2)Sc2ccccc21)N1CCN(c2ccccc2)CC1. The van der Waals surface area contributed by atoms with E-state index in [4.69, 9.17) is 0 Å². The van der Waals surface area contributed by atoms with Crippen molar-refractivity contribution < 1.29 is 9.59 Å². The number of rotatable bonds is 4. The van der Waals surface area contributed by atoms with Gasteiger partial charge in [0.05, 0.1) is 10.6 Å². The second kappa shape index (κ2) is 9.55. The Bertz CT molecular complexity index is 1170. The quantitative estimate of drug-likeness (QED) is 0.543.